The zero-order chi connectivity index (χ0) is 11.7. The minimum absolute atomic E-state index is 0.403. The lowest BCUT2D eigenvalue weighted by molar-refractivity contribution is 0.156. The molecule has 2 rings (SSSR count). The Labute approximate surface area is 105 Å². The highest BCUT2D eigenvalue weighted by atomic mass is 79.9. The average Bonchev–Trinajstić information content (AvgIpc) is 3.05. The largest absolute Gasteiger partial charge is 0.496 e. The third kappa shape index (κ3) is 2.58. The number of benzene rings is 1. The second kappa shape index (κ2) is 4.76. The Balaban J connectivity index is 2.25. The van der Waals surface area contributed by atoms with Gasteiger partial charge in [-0.2, -0.15) is 0 Å². The fourth-order valence-electron chi connectivity index (χ4n) is 1.90. The molecule has 0 amide bonds. The molecule has 1 aliphatic rings. The zero-order valence-electron chi connectivity index (χ0n) is 9.66. The molecule has 1 aromatic rings. The molecule has 1 atom stereocenters. The SMILES string of the molecule is COc1cc(C)c(Br)cc1C(O)CC1CC1. The van der Waals surface area contributed by atoms with E-state index in [1.165, 1.54) is 12.8 Å². The number of aliphatic hydroxyl groups excluding tert-OH is 1. The van der Waals surface area contributed by atoms with Gasteiger partial charge in [0.25, 0.3) is 0 Å². The van der Waals surface area contributed by atoms with Crippen molar-refractivity contribution in [2.75, 3.05) is 7.11 Å². The molecule has 88 valence electrons. The summed E-state index contributed by atoms with van der Waals surface area (Å²) in [6.07, 6.45) is 2.96. The number of hydrogen-bond donors (Lipinski definition) is 1. The Hall–Kier alpha value is -0.540. The highest BCUT2D eigenvalue weighted by Crippen LogP contribution is 2.40. The van der Waals surface area contributed by atoms with Crippen LogP contribution in [-0.2, 0) is 0 Å². The first kappa shape index (κ1) is 11.9. The number of hydrogen-bond acceptors (Lipinski definition) is 2. The first-order valence-corrected chi connectivity index (χ1v) is 6.43. The Morgan fingerprint density at radius 2 is 2.19 bits per heavy atom. The van der Waals surface area contributed by atoms with Crippen LogP contribution in [-0.4, -0.2) is 12.2 Å². The van der Waals surface area contributed by atoms with Gasteiger partial charge in [0, 0.05) is 10.0 Å². The van der Waals surface area contributed by atoms with Gasteiger partial charge in [0.15, 0.2) is 0 Å². The summed E-state index contributed by atoms with van der Waals surface area (Å²) in [4.78, 5) is 0. The van der Waals surface area contributed by atoms with E-state index in [1.54, 1.807) is 7.11 Å². The van der Waals surface area contributed by atoms with Crippen molar-refractivity contribution in [2.24, 2.45) is 5.92 Å². The summed E-state index contributed by atoms with van der Waals surface area (Å²) in [5.41, 5.74) is 2.02. The molecule has 16 heavy (non-hydrogen) atoms. The Morgan fingerprint density at radius 1 is 1.50 bits per heavy atom. The fraction of sp³-hybridized carbons (Fsp3) is 0.538. The van der Waals surface area contributed by atoms with Gasteiger partial charge in [-0.1, -0.05) is 28.8 Å². The van der Waals surface area contributed by atoms with Crippen molar-refractivity contribution in [1.82, 2.24) is 0 Å². The van der Waals surface area contributed by atoms with Gasteiger partial charge in [0.05, 0.1) is 13.2 Å². The summed E-state index contributed by atoms with van der Waals surface area (Å²) >= 11 is 3.49. The van der Waals surface area contributed by atoms with Crippen LogP contribution < -0.4 is 4.74 Å². The van der Waals surface area contributed by atoms with Gasteiger partial charge in [-0.05, 0) is 37.0 Å². The maximum absolute atomic E-state index is 10.2. The standard InChI is InChI=1S/C13H17BrO2/c1-8-5-13(16-2)10(7-11(8)14)12(15)6-9-3-4-9/h5,7,9,12,15H,3-4,6H2,1-2H3. The summed E-state index contributed by atoms with van der Waals surface area (Å²) in [5.74, 6) is 1.49. The second-order valence-electron chi connectivity index (χ2n) is 4.54. The van der Waals surface area contributed by atoms with Crippen molar-refractivity contribution in [3.8, 4) is 5.75 Å². The summed E-state index contributed by atoms with van der Waals surface area (Å²) in [6, 6.07) is 3.94. The summed E-state index contributed by atoms with van der Waals surface area (Å²) in [7, 11) is 1.65. The molecule has 1 fully saturated rings. The summed E-state index contributed by atoms with van der Waals surface area (Å²) in [6.45, 7) is 2.02. The monoisotopic (exact) mass is 284 g/mol. The van der Waals surface area contributed by atoms with E-state index in [0.717, 1.165) is 27.8 Å². The second-order valence-corrected chi connectivity index (χ2v) is 5.39. The van der Waals surface area contributed by atoms with Gasteiger partial charge in [-0.15, -0.1) is 0 Å². The molecule has 0 saturated heterocycles. The van der Waals surface area contributed by atoms with Gasteiger partial charge in [0.2, 0.25) is 0 Å². The van der Waals surface area contributed by atoms with E-state index in [9.17, 15) is 5.11 Å². The van der Waals surface area contributed by atoms with E-state index < -0.39 is 6.10 Å². The van der Waals surface area contributed by atoms with Gasteiger partial charge in [-0.3, -0.25) is 0 Å². The van der Waals surface area contributed by atoms with Crippen LogP contribution in [0.4, 0.5) is 0 Å². The number of aryl methyl sites for hydroxylation is 1. The van der Waals surface area contributed by atoms with Crippen LogP contribution in [0.3, 0.4) is 0 Å². The lowest BCUT2D eigenvalue weighted by Crippen LogP contribution is -2.02. The Kier molecular flexibility index (Phi) is 3.55. The molecule has 1 aliphatic carbocycles. The number of methoxy groups -OCH3 is 1. The normalized spacial score (nSPS) is 17.2. The van der Waals surface area contributed by atoms with Crippen LogP contribution in [0.2, 0.25) is 0 Å². The fourth-order valence-corrected chi connectivity index (χ4v) is 2.26. The molecule has 0 aliphatic heterocycles. The summed E-state index contributed by atoms with van der Waals surface area (Å²) < 4.78 is 6.35. The topological polar surface area (TPSA) is 29.5 Å². The molecular weight excluding hydrogens is 268 g/mol. The number of aliphatic hydroxyl groups is 1. The van der Waals surface area contributed by atoms with Gasteiger partial charge in [-0.25, -0.2) is 0 Å². The van der Waals surface area contributed by atoms with Crippen molar-refractivity contribution in [1.29, 1.82) is 0 Å². The van der Waals surface area contributed by atoms with Crippen molar-refractivity contribution in [2.45, 2.75) is 32.3 Å². The first-order valence-electron chi connectivity index (χ1n) is 5.64. The van der Waals surface area contributed by atoms with E-state index in [1.807, 2.05) is 19.1 Å². The van der Waals surface area contributed by atoms with Gasteiger partial charge >= 0.3 is 0 Å². The van der Waals surface area contributed by atoms with Crippen LogP contribution >= 0.6 is 15.9 Å². The van der Waals surface area contributed by atoms with E-state index >= 15 is 0 Å². The van der Waals surface area contributed by atoms with Gasteiger partial charge in [0.1, 0.15) is 5.75 Å². The van der Waals surface area contributed by atoms with Crippen LogP contribution in [0.5, 0.6) is 5.75 Å². The third-order valence-electron chi connectivity index (χ3n) is 3.12. The lowest BCUT2D eigenvalue weighted by Gasteiger charge is -2.16. The van der Waals surface area contributed by atoms with Crippen LogP contribution in [0, 0.1) is 12.8 Å². The molecule has 0 aromatic heterocycles. The minimum atomic E-state index is -0.403. The zero-order valence-corrected chi connectivity index (χ0v) is 11.3. The van der Waals surface area contributed by atoms with E-state index in [4.69, 9.17) is 4.74 Å². The molecule has 0 bridgehead atoms. The van der Waals surface area contributed by atoms with Crippen molar-refractivity contribution >= 4 is 15.9 Å². The number of rotatable bonds is 4. The quantitative estimate of drug-likeness (QED) is 0.916. The molecule has 1 aromatic carbocycles. The van der Waals surface area contributed by atoms with Crippen LogP contribution in [0.25, 0.3) is 0 Å². The van der Waals surface area contributed by atoms with Crippen molar-refractivity contribution < 1.29 is 9.84 Å². The van der Waals surface area contributed by atoms with E-state index in [2.05, 4.69) is 15.9 Å². The highest BCUT2D eigenvalue weighted by Gasteiger charge is 2.26. The molecule has 1 N–H and O–H groups in total. The maximum atomic E-state index is 10.2. The van der Waals surface area contributed by atoms with Crippen LogP contribution in [0.1, 0.15) is 36.5 Å². The predicted octanol–water partition coefficient (Wildman–Crippen LogP) is 3.60. The third-order valence-corrected chi connectivity index (χ3v) is 3.98. The molecule has 1 unspecified atom stereocenters. The molecule has 3 heteroatoms. The molecule has 0 spiro atoms. The van der Waals surface area contributed by atoms with Crippen molar-refractivity contribution in [3.05, 3.63) is 27.7 Å². The molecule has 0 heterocycles. The maximum Gasteiger partial charge on any atom is 0.125 e. The van der Waals surface area contributed by atoms with Gasteiger partial charge < -0.3 is 9.84 Å². The smallest absolute Gasteiger partial charge is 0.125 e. The van der Waals surface area contributed by atoms with E-state index in [0.29, 0.717) is 5.92 Å². The Morgan fingerprint density at radius 3 is 2.75 bits per heavy atom. The van der Waals surface area contributed by atoms with Crippen LogP contribution in [0.15, 0.2) is 16.6 Å². The molecule has 1 saturated carbocycles. The van der Waals surface area contributed by atoms with E-state index in [-0.39, 0.29) is 0 Å². The molecule has 2 nitrogen and oxygen atoms in total. The lowest BCUT2D eigenvalue weighted by atomic mass is 10.0. The minimum Gasteiger partial charge on any atom is -0.496 e. The Bertz CT molecular complexity index is 386. The number of ether oxygens (including phenoxy) is 1. The number of halogens is 1. The molecule has 0 radical (unpaired) electrons. The predicted molar refractivity (Wildman–Crippen MR) is 67.7 cm³/mol. The first-order chi connectivity index (χ1) is 7.61. The average molecular weight is 285 g/mol. The highest BCUT2D eigenvalue weighted by molar-refractivity contribution is 9.10. The van der Waals surface area contributed by atoms with Crippen molar-refractivity contribution in [3.63, 3.8) is 0 Å². The molecular formula is C13H17BrO2. The summed E-state index contributed by atoms with van der Waals surface area (Å²) in [5, 5.41) is 10.2.